The molecule has 2 aliphatic rings. The second kappa shape index (κ2) is 6.47. The Morgan fingerprint density at radius 2 is 2.29 bits per heavy atom. The number of carbonyl (C=O) groups is 1. The predicted molar refractivity (Wildman–Crippen MR) is 90.2 cm³/mol. The van der Waals surface area contributed by atoms with Crippen LogP contribution in [0.15, 0.2) is 23.1 Å². The third-order valence-electron chi connectivity index (χ3n) is 4.71. The zero-order chi connectivity index (χ0) is 16.5. The van der Waals surface area contributed by atoms with Gasteiger partial charge >= 0.3 is 0 Å². The van der Waals surface area contributed by atoms with Gasteiger partial charge in [-0.2, -0.15) is 5.10 Å². The second-order valence-electron chi connectivity index (χ2n) is 6.24. The van der Waals surface area contributed by atoms with Gasteiger partial charge in [0, 0.05) is 28.3 Å². The van der Waals surface area contributed by atoms with Gasteiger partial charge in [0.1, 0.15) is 11.9 Å². The average Bonchev–Trinajstić information content (AvgIpc) is 3.28. The number of nitrogens with zero attached hydrogens (tertiary/aromatic N) is 1. The number of H-pyrrole nitrogens is 1. The molecule has 2 aromatic rings. The molecule has 7 heteroatoms. The zero-order valence-electron chi connectivity index (χ0n) is 13.0. The van der Waals surface area contributed by atoms with Gasteiger partial charge in [-0.25, -0.2) is 4.39 Å². The summed E-state index contributed by atoms with van der Waals surface area (Å²) in [5.74, 6) is 1.65. The van der Waals surface area contributed by atoms with Crippen LogP contribution in [0.2, 0.25) is 0 Å². The highest BCUT2D eigenvalue weighted by atomic mass is 32.2. The molecule has 2 heterocycles. The number of aromatic nitrogens is 2. The van der Waals surface area contributed by atoms with Gasteiger partial charge in [-0.3, -0.25) is 9.89 Å². The lowest BCUT2D eigenvalue weighted by Gasteiger charge is -2.08. The SMILES string of the molecule is O=COC1CCC(c2cc(Nc3cc4c(cc3F)SCC4)n[nH]2)C1. The molecule has 5 nitrogen and oxygen atoms in total. The number of thioether (sulfide) groups is 1. The summed E-state index contributed by atoms with van der Waals surface area (Å²) in [6.07, 6.45) is 3.57. The molecule has 1 fully saturated rings. The minimum absolute atomic E-state index is 0.0149. The van der Waals surface area contributed by atoms with Gasteiger partial charge in [-0.15, -0.1) is 11.8 Å². The van der Waals surface area contributed by atoms with E-state index in [1.54, 1.807) is 17.8 Å². The highest BCUT2D eigenvalue weighted by Gasteiger charge is 2.28. The van der Waals surface area contributed by atoms with Crippen LogP contribution in [-0.2, 0) is 16.0 Å². The fourth-order valence-electron chi connectivity index (χ4n) is 3.47. The fraction of sp³-hybridized carbons (Fsp3) is 0.412. The standard InChI is InChI=1S/C17H18FN3O2S/c18-13-7-16-11(3-4-24-16)6-15(13)19-17-8-14(20-21-17)10-1-2-12(5-10)23-9-22/h6-10,12H,1-5H2,(H2,19,20,21). The molecule has 0 bridgehead atoms. The van der Waals surface area contributed by atoms with Crippen LogP contribution < -0.4 is 5.32 Å². The number of fused-ring (bicyclic) bond motifs is 1. The first kappa shape index (κ1) is 15.5. The summed E-state index contributed by atoms with van der Waals surface area (Å²) in [4.78, 5) is 11.5. The maximum Gasteiger partial charge on any atom is 0.293 e. The molecule has 24 heavy (non-hydrogen) atoms. The van der Waals surface area contributed by atoms with E-state index < -0.39 is 0 Å². The zero-order valence-corrected chi connectivity index (χ0v) is 13.9. The van der Waals surface area contributed by atoms with Crippen molar-refractivity contribution in [2.75, 3.05) is 11.1 Å². The number of carbonyl (C=O) groups excluding carboxylic acids is 1. The Balaban J connectivity index is 1.47. The molecular formula is C17H18FN3O2S. The van der Waals surface area contributed by atoms with Crippen molar-refractivity contribution in [3.8, 4) is 0 Å². The molecule has 4 rings (SSSR count). The van der Waals surface area contributed by atoms with Crippen molar-refractivity contribution in [1.82, 2.24) is 10.2 Å². The summed E-state index contributed by atoms with van der Waals surface area (Å²) in [6.45, 7) is 0.516. The van der Waals surface area contributed by atoms with Crippen molar-refractivity contribution in [3.63, 3.8) is 0 Å². The molecule has 2 unspecified atom stereocenters. The number of nitrogens with one attached hydrogen (secondary N) is 2. The molecule has 1 aliphatic carbocycles. The van der Waals surface area contributed by atoms with E-state index in [1.165, 1.54) is 5.56 Å². The maximum absolute atomic E-state index is 14.2. The van der Waals surface area contributed by atoms with E-state index in [-0.39, 0.29) is 11.9 Å². The van der Waals surface area contributed by atoms with Crippen LogP contribution in [0.4, 0.5) is 15.9 Å². The maximum atomic E-state index is 14.2. The molecule has 0 amide bonds. The molecule has 1 aromatic heterocycles. The lowest BCUT2D eigenvalue weighted by Crippen LogP contribution is -2.06. The first-order chi connectivity index (χ1) is 11.7. The summed E-state index contributed by atoms with van der Waals surface area (Å²) in [5.41, 5.74) is 2.64. The van der Waals surface area contributed by atoms with Crippen molar-refractivity contribution >= 4 is 29.7 Å². The molecule has 1 aromatic carbocycles. The number of halogens is 1. The van der Waals surface area contributed by atoms with Gasteiger partial charge in [0.05, 0.1) is 5.69 Å². The molecule has 2 atom stereocenters. The summed E-state index contributed by atoms with van der Waals surface area (Å²) >= 11 is 1.70. The first-order valence-corrected chi connectivity index (χ1v) is 9.08. The minimum atomic E-state index is -0.256. The summed E-state index contributed by atoms with van der Waals surface area (Å²) in [5, 5.41) is 10.3. The van der Waals surface area contributed by atoms with E-state index in [0.29, 0.717) is 23.9 Å². The van der Waals surface area contributed by atoms with Gasteiger partial charge in [-0.1, -0.05) is 0 Å². The molecule has 1 aliphatic heterocycles. The van der Waals surface area contributed by atoms with Crippen molar-refractivity contribution in [2.45, 2.75) is 42.6 Å². The van der Waals surface area contributed by atoms with Crippen LogP contribution in [0.5, 0.6) is 0 Å². The van der Waals surface area contributed by atoms with E-state index >= 15 is 0 Å². The van der Waals surface area contributed by atoms with Crippen molar-refractivity contribution in [2.24, 2.45) is 0 Å². The Bertz CT molecular complexity index is 764. The monoisotopic (exact) mass is 347 g/mol. The largest absolute Gasteiger partial charge is 0.465 e. The normalized spacial score (nSPS) is 22.4. The van der Waals surface area contributed by atoms with Gasteiger partial charge in [0.15, 0.2) is 5.82 Å². The Labute approximate surface area is 143 Å². The topological polar surface area (TPSA) is 67.0 Å². The quantitative estimate of drug-likeness (QED) is 0.807. The number of aromatic amines is 1. The third kappa shape index (κ3) is 3.00. The molecule has 126 valence electrons. The molecule has 1 saturated carbocycles. The van der Waals surface area contributed by atoms with Gasteiger partial charge in [0.2, 0.25) is 0 Å². The summed E-state index contributed by atoms with van der Waals surface area (Å²) < 4.78 is 19.2. The highest BCUT2D eigenvalue weighted by Crippen LogP contribution is 2.37. The lowest BCUT2D eigenvalue weighted by molar-refractivity contribution is -0.133. The summed E-state index contributed by atoms with van der Waals surface area (Å²) in [7, 11) is 0. The number of aryl methyl sites for hydroxylation is 1. The van der Waals surface area contributed by atoms with Crippen LogP contribution in [0.3, 0.4) is 0 Å². The Morgan fingerprint density at radius 3 is 3.17 bits per heavy atom. The number of hydrogen-bond acceptors (Lipinski definition) is 5. The minimum Gasteiger partial charge on any atom is -0.465 e. The van der Waals surface area contributed by atoms with Gasteiger partial charge < -0.3 is 10.1 Å². The average molecular weight is 347 g/mol. The number of anilines is 2. The third-order valence-corrected chi connectivity index (χ3v) is 5.81. The molecule has 0 spiro atoms. The Kier molecular flexibility index (Phi) is 4.18. The van der Waals surface area contributed by atoms with E-state index in [2.05, 4.69) is 15.5 Å². The number of rotatable bonds is 5. The van der Waals surface area contributed by atoms with Crippen LogP contribution in [0.1, 0.15) is 36.4 Å². The van der Waals surface area contributed by atoms with E-state index in [4.69, 9.17) is 4.74 Å². The van der Waals surface area contributed by atoms with Crippen molar-refractivity contribution in [3.05, 3.63) is 35.3 Å². The van der Waals surface area contributed by atoms with Crippen molar-refractivity contribution in [1.29, 1.82) is 0 Å². The van der Waals surface area contributed by atoms with Crippen LogP contribution >= 0.6 is 11.8 Å². The number of benzene rings is 1. The predicted octanol–water partition coefficient (Wildman–Crippen LogP) is 3.75. The van der Waals surface area contributed by atoms with Crippen LogP contribution in [0, 0.1) is 5.82 Å². The Hall–Kier alpha value is -2.02. The van der Waals surface area contributed by atoms with E-state index in [1.807, 2.05) is 12.1 Å². The molecule has 2 N–H and O–H groups in total. The number of hydrogen-bond donors (Lipinski definition) is 2. The van der Waals surface area contributed by atoms with Crippen LogP contribution in [-0.4, -0.2) is 28.5 Å². The fourth-order valence-corrected chi connectivity index (χ4v) is 4.54. The van der Waals surface area contributed by atoms with E-state index in [9.17, 15) is 9.18 Å². The van der Waals surface area contributed by atoms with Crippen LogP contribution in [0.25, 0.3) is 0 Å². The summed E-state index contributed by atoms with van der Waals surface area (Å²) in [6, 6.07) is 5.39. The van der Waals surface area contributed by atoms with Crippen molar-refractivity contribution < 1.29 is 13.9 Å². The van der Waals surface area contributed by atoms with Gasteiger partial charge in [0.25, 0.3) is 6.47 Å². The molecule has 0 radical (unpaired) electrons. The lowest BCUT2D eigenvalue weighted by atomic mass is 10.0. The highest BCUT2D eigenvalue weighted by molar-refractivity contribution is 7.99. The molecular weight excluding hydrogens is 329 g/mol. The Morgan fingerprint density at radius 1 is 1.38 bits per heavy atom. The molecule has 0 saturated heterocycles. The van der Waals surface area contributed by atoms with Gasteiger partial charge in [-0.05, 0) is 43.4 Å². The second-order valence-corrected chi connectivity index (χ2v) is 7.37. The first-order valence-electron chi connectivity index (χ1n) is 8.09. The smallest absolute Gasteiger partial charge is 0.293 e. The number of ether oxygens (including phenoxy) is 1. The van der Waals surface area contributed by atoms with E-state index in [0.717, 1.165) is 42.0 Å².